The fourth-order valence-corrected chi connectivity index (χ4v) is 0. The van der Waals surface area contributed by atoms with E-state index in [4.69, 9.17) is 0 Å². The van der Waals surface area contributed by atoms with E-state index < -0.39 is 0 Å². The molecular weight excluding hydrogens is 171 g/mol. The molecule has 0 heterocycles. The normalized spacial score (nSPS) is 0. The van der Waals surface area contributed by atoms with Gasteiger partial charge in [0.2, 0.25) is 0 Å². The smallest absolute Gasteiger partial charge is 2.00 e. The van der Waals surface area contributed by atoms with Crippen molar-refractivity contribution in [3.8, 4) is 0 Å². The largest absolute Gasteiger partial charge is 4.00 e. The minimum Gasteiger partial charge on any atom is -2.00 e. The molecule has 0 fully saturated rings. The molecule has 32 valence electrons. The fraction of sp³-hybridized carbons (Fsp3) is 0. The van der Waals surface area contributed by atoms with Gasteiger partial charge < -0.3 is 16.4 Å². The molecule has 0 radical (unpaired) electrons. The molecule has 2 N–H and O–H groups in total. The topological polar surface area (TPSA) is 88.5 Å². The molecule has 3 nitrogen and oxygen atoms in total. The second-order valence-corrected chi connectivity index (χ2v) is 0. The van der Waals surface area contributed by atoms with E-state index in [1.54, 1.807) is 0 Å². The van der Waals surface area contributed by atoms with Crippen molar-refractivity contribution in [1.29, 1.82) is 0 Å². The molecule has 0 aromatic carbocycles. The van der Waals surface area contributed by atoms with Gasteiger partial charge in [0, 0.05) is 0 Å². The van der Waals surface area contributed by atoms with Gasteiger partial charge in [-0.05, 0) is 0 Å². The summed E-state index contributed by atoms with van der Waals surface area (Å²) >= 11 is 0. The van der Waals surface area contributed by atoms with E-state index >= 15 is 0 Å². The van der Waals surface area contributed by atoms with Crippen molar-refractivity contribution >= 4 is 13.5 Å². The number of rotatable bonds is 0. The Morgan fingerprint density at radius 2 is 0.800 bits per heavy atom. The molecule has 0 aliphatic rings. The van der Waals surface area contributed by atoms with Crippen molar-refractivity contribution in [2.45, 2.75) is 0 Å². The molecule has 0 bridgehead atoms. The Hall–Kier alpha value is 1.11. The Balaban J connectivity index is 0. The summed E-state index contributed by atoms with van der Waals surface area (Å²) in [6, 6.07) is 0. The second-order valence-electron chi connectivity index (χ2n) is 0. The Morgan fingerprint density at radius 3 is 0.800 bits per heavy atom. The van der Waals surface area contributed by atoms with Crippen molar-refractivity contribution in [2.75, 3.05) is 0 Å². The molecular formula is H4O3SZr. The Morgan fingerprint density at radius 1 is 0.800 bits per heavy atom. The van der Waals surface area contributed by atoms with Gasteiger partial charge in [-0.2, -0.15) is 13.5 Å². The minimum atomic E-state index is 0. The summed E-state index contributed by atoms with van der Waals surface area (Å²) in [6.45, 7) is 0. The predicted molar refractivity (Wildman–Crippen MR) is 15.4 cm³/mol. The first-order valence-electron chi connectivity index (χ1n) is 0. The van der Waals surface area contributed by atoms with Crippen LogP contribution in [-0.2, 0) is 37.2 Å². The summed E-state index contributed by atoms with van der Waals surface area (Å²) in [5, 5.41) is 0. The van der Waals surface area contributed by atoms with Gasteiger partial charge in [-0.1, -0.05) is 0 Å². The molecule has 0 atom stereocenters. The van der Waals surface area contributed by atoms with Gasteiger partial charge in [0.1, 0.15) is 0 Å². The molecule has 0 amide bonds. The van der Waals surface area contributed by atoms with Gasteiger partial charge in [0.05, 0.1) is 0 Å². The van der Waals surface area contributed by atoms with E-state index in [0.717, 1.165) is 0 Å². The predicted octanol–water partition coefficient (Wildman–Crippen LogP) is -0.952. The number of hydrogen-bond acceptors (Lipinski definition) is 0. The first kappa shape index (κ1) is 129. The van der Waals surface area contributed by atoms with Gasteiger partial charge in [0.25, 0.3) is 0 Å². The molecule has 0 aromatic rings. The van der Waals surface area contributed by atoms with Crippen LogP contribution in [0.3, 0.4) is 0 Å². The average molecular weight is 175 g/mol. The quantitative estimate of drug-likeness (QED) is 0.454. The molecule has 0 aromatic heterocycles. The second kappa shape index (κ2) is 69.8. The maximum absolute atomic E-state index is 0. The van der Waals surface area contributed by atoms with Gasteiger partial charge in [-0.25, -0.2) is 0 Å². The van der Waals surface area contributed by atoms with Crippen LogP contribution in [0.4, 0.5) is 0 Å². The van der Waals surface area contributed by atoms with E-state index in [1.807, 2.05) is 0 Å². The van der Waals surface area contributed by atoms with Crippen molar-refractivity contribution in [2.24, 2.45) is 0 Å². The van der Waals surface area contributed by atoms with E-state index in [-0.39, 0.29) is 56.1 Å². The third-order valence-corrected chi connectivity index (χ3v) is 0. The molecule has 0 spiro atoms. The molecule has 0 unspecified atom stereocenters. The summed E-state index contributed by atoms with van der Waals surface area (Å²) in [6.07, 6.45) is 0. The van der Waals surface area contributed by atoms with Crippen LogP contribution >= 0.6 is 13.5 Å². The van der Waals surface area contributed by atoms with Gasteiger partial charge in [-0.15, -0.1) is 0 Å². The maximum Gasteiger partial charge on any atom is 4.00 e. The summed E-state index contributed by atoms with van der Waals surface area (Å²) in [4.78, 5) is 0. The van der Waals surface area contributed by atoms with Crippen LogP contribution in [0, 0.1) is 0 Å². The third-order valence-electron chi connectivity index (χ3n) is 0. The van der Waals surface area contributed by atoms with Crippen LogP contribution in [0.2, 0.25) is 0 Å². The molecule has 0 rings (SSSR count). The van der Waals surface area contributed by atoms with Crippen LogP contribution in [0.1, 0.15) is 0 Å². The van der Waals surface area contributed by atoms with Crippen molar-refractivity contribution in [3.05, 3.63) is 0 Å². The first-order valence-corrected chi connectivity index (χ1v) is 0. The average Bonchev–Trinajstić information content (AvgIpc) is 0. The maximum atomic E-state index is 0. The van der Waals surface area contributed by atoms with Crippen LogP contribution in [-0.4, -0.2) is 5.48 Å². The van der Waals surface area contributed by atoms with Gasteiger partial charge in [0.15, 0.2) is 0 Å². The van der Waals surface area contributed by atoms with Gasteiger partial charge >= 0.3 is 26.2 Å². The van der Waals surface area contributed by atoms with Crippen LogP contribution in [0.5, 0.6) is 0 Å². The third kappa shape index (κ3) is 40.0. The van der Waals surface area contributed by atoms with Crippen molar-refractivity contribution in [1.82, 2.24) is 0 Å². The Kier molecular flexibility index (Phi) is 1800. The summed E-state index contributed by atoms with van der Waals surface area (Å²) in [5.41, 5.74) is 0. The summed E-state index contributed by atoms with van der Waals surface area (Å²) < 4.78 is 0. The van der Waals surface area contributed by atoms with Crippen molar-refractivity contribution < 1.29 is 42.6 Å². The monoisotopic (exact) mass is 174 g/mol. The molecule has 5 heteroatoms. The number of hydrogen-bond donors (Lipinski definition) is 0. The van der Waals surface area contributed by atoms with E-state index in [9.17, 15) is 0 Å². The van der Waals surface area contributed by atoms with Crippen LogP contribution in [0.15, 0.2) is 0 Å². The molecule has 0 aliphatic heterocycles. The Bertz CT molecular complexity index is 6.85. The fourth-order valence-electron chi connectivity index (χ4n) is 0. The van der Waals surface area contributed by atoms with E-state index in [1.165, 1.54) is 0 Å². The zero-order valence-electron chi connectivity index (χ0n) is 2.32. The Labute approximate surface area is 56.3 Å². The SMILES string of the molecule is O.S.[O-2].[O-2].[Zr+4]. The molecule has 0 saturated carbocycles. The first-order chi connectivity index (χ1) is 0. The standard InChI is InChI=1S/H2O.2O.H2S.Zr/h1H2;;;1H2;/q;2*-2;;+4. The van der Waals surface area contributed by atoms with E-state index in [0.29, 0.717) is 0 Å². The zero-order chi connectivity index (χ0) is 0. The van der Waals surface area contributed by atoms with Gasteiger partial charge in [-0.3, -0.25) is 0 Å². The summed E-state index contributed by atoms with van der Waals surface area (Å²) in [5.74, 6) is 0. The molecule has 0 saturated heterocycles. The van der Waals surface area contributed by atoms with Crippen LogP contribution < -0.4 is 0 Å². The van der Waals surface area contributed by atoms with Crippen LogP contribution in [0.25, 0.3) is 0 Å². The minimum absolute atomic E-state index is 0. The van der Waals surface area contributed by atoms with E-state index in [2.05, 4.69) is 0 Å². The van der Waals surface area contributed by atoms with Crippen molar-refractivity contribution in [3.63, 3.8) is 0 Å². The molecule has 0 aliphatic carbocycles. The molecule has 5 heavy (non-hydrogen) atoms. The summed E-state index contributed by atoms with van der Waals surface area (Å²) in [7, 11) is 0. The zero-order valence-corrected chi connectivity index (χ0v) is 5.77.